The molecular formula is C11H12ClF2NO. The van der Waals surface area contributed by atoms with Gasteiger partial charge < -0.3 is 10.1 Å². The molecule has 1 atom stereocenters. The van der Waals surface area contributed by atoms with Gasteiger partial charge in [0, 0.05) is 13.1 Å². The Balaban J connectivity index is 2.45. The van der Waals surface area contributed by atoms with Crippen molar-refractivity contribution in [1.29, 1.82) is 0 Å². The van der Waals surface area contributed by atoms with Crippen molar-refractivity contribution >= 4 is 11.6 Å². The fourth-order valence-corrected chi connectivity index (χ4v) is 2.05. The molecule has 5 heteroatoms. The van der Waals surface area contributed by atoms with Crippen LogP contribution in [0.5, 0.6) is 0 Å². The van der Waals surface area contributed by atoms with Gasteiger partial charge in [-0.1, -0.05) is 11.6 Å². The summed E-state index contributed by atoms with van der Waals surface area (Å²) in [4.78, 5) is 0. The maximum absolute atomic E-state index is 13.8. The molecule has 1 saturated heterocycles. The van der Waals surface area contributed by atoms with Crippen molar-refractivity contribution in [3.8, 4) is 0 Å². The van der Waals surface area contributed by atoms with Crippen LogP contribution in [-0.2, 0) is 4.74 Å². The first-order chi connectivity index (χ1) is 7.61. The van der Waals surface area contributed by atoms with Gasteiger partial charge in [-0.15, -0.1) is 0 Å². The monoisotopic (exact) mass is 247 g/mol. The fourth-order valence-electron chi connectivity index (χ4n) is 1.79. The summed E-state index contributed by atoms with van der Waals surface area (Å²) in [5.74, 6) is -1.30. The molecule has 0 saturated carbocycles. The molecule has 1 aromatic rings. The van der Waals surface area contributed by atoms with E-state index < -0.39 is 17.7 Å². The summed E-state index contributed by atoms with van der Waals surface area (Å²) in [7, 11) is 0. The molecular weight excluding hydrogens is 236 g/mol. The van der Waals surface area contributed by atoms with Crippen LogP contribution in [0.4, 0.5) is 8.78 Å². The highest BCUT2D eigenvalue weighted by Gasteiger charge is 2.26. The minimum atomic E-state index is -0.724. The molecule has 1 N–H and O–H groups in total. The molecule has 0 aliphatic carbocycles. The first kappa shape index (κ1) is 11.8. The Labute approximate surface area is 97.5 Å². The second-order valence-corrected chi connectivity index (χ2v) is 4.19. The van der Waals surface area contributed by atoms with Crippen molar-refractivity contribution in [3.63, 3.8) is 0 Å². The Kier molecular flexibility index (Phi) is 3.42. The van der Waals surface area contributed by atoms with Gasteiger partial charge in [0.1, 0.15) is 11.9 Å². The van der Waals surface area contributed by atoms with Crippen LogP contribution in [0, 0.1) is 18.6 Å². The van der Waals surface area contributed by atoms with E-state index in [1.165, 1.54) is 6.07 Å². The number of aryl methyl sites for hydroxylation is 1. The summed E-state index contributed by atoms with van der Waals surface area (Å²) < 4.78 is 32.9. The zero-order valence-electron chi connectivity index (χ0n) is 8.82. The van der Waals surface area contributed by atoms with Crippen LogP contribution in [-0.4, -0.2) is 19.7 Å². The third-order valence-electron chi connectivity index (χ3n) is 2.62. The maximum atomic E-state index is 13.8. The lowest BCUT2D eigenvalue weighted by atomic mass is 10.0. The normalized spacial score (nSPS) is 21.1. The summed E-state index contributed by atoms with van der Waals surface area (Å²) in [5.41, 5.74) is 0.257. The minimum absolute atomic E-state index is 0.0666. The molecule has 0 bridgehead atoms. The quantitative estimate of drug-likeness (QED) is 0.771. The van der Waals surface area contributed by atoms with E-state index in [0.717, 1.165) is 0 Å². The third-order valence-corrected chi connectivity index (χ3v) is 2.90. The lowest BCUT2D eigenvalue weighted by molar-refractivity contribution is 0.0231. The molecule has 0 aromatic heterocycles. The molecule has 0 amide bonds. The van der Waals surface area contributed by atoms with E-state index in [-0.39, 0.29) is 10.6 Å². The molecule has 1 unspecified atom stereocenters. The van der Waals surface area contributed by atoms with E-state index in [0.29, 0.717) is 25.3 Å². The second-order valence-electron chi connectivity index (χ2n) is 3.78. The van der Waals surface area contributed by atoms with Gasteiger partial charge in [0.25, 0.3) is 0 Å². The molecule has 1 aliphatic heterocycles. The lowest BCUT2D eigenvalue weighted by Gasteiger charge is -2.25. The summed E-state index contributed by atoms with van der Waals surface area (Å²) in [6, 6.07) is 1.28. The predicted molar refractivity (Wildman–Crippen MR) is 57.7 cm³/mol. The number of hydrogen-bond acceptors (Lipinski definition) is 2. The van der Waals surface area contributed by atoms with E-state index in [2.05, 4.69) is 5.32 Å². The van der Waals surface area contributed by atoms with Crippen LogP contribution in [0.15, 0.2) is 6.07 Å². The van der Waals surface area contributed by atoms with Crippen molar-refractivity contribution in [3.05, 3.63) is 33.9 Å². The fraction of sp³-hybridized carbons (Fsp3) is 0.455. The highest BCUT2D eigenvalue weighted by atomic mass is 35.5. The summed E-state index contributed by atoms with van der Waals surface area (Å²) >= 11 is 5.69. The Hall–Kier alpha value is -0.710. The Bertz CT molecular complexity index is 379. The molecule has 1 aliphatic rings. The SMILES string of the molecule is Cc1cc(Cl)c(F)c(C2CNCCO2)c1F. The van der Waals surface area contributed by atoms with Crippen LogP contribution in [0.3, 0.4) is 0 Å². The number of hydrogen-bond donors (Lipinski definition) is 1. The zero-order chi connectivity index (χ0) is 11.7. The van der Waals surface area contributed by atoms with Gasteiger partial charge in [-0.25, -0.2) is 8.78 Å². The Morgan fingerprint density at radius 1 is 1.44 bits per heavy atom. The molecule has 2 nitrogen and oxygen atoms in total. The van der Waals surface area contributed by atoms with Gasteiger partial charge in [-0.3, -0.25) is 0 Å². The van der Waals surface area contributed by atoms with E-state index in [4.69, 9.17) is 16.3 Å². The van der Waals surface area contributed by atoms with Crippen molar-refractivity contribution in [1.82, 2.24) is 5.32 Å². The van der Waals surface area contributed by atoms with Crippen LogP contribution >= 0.6 is 11.6 Å². The largest absolute Gasteiger partial charge is 0.371 e. The molecule has 0 spiro atoms. The highest BCUT2D eigenvalue weighted by molar-refractivity contribution is 6.30. The smallest absolute Gasteiger partial charge is 0.150 e. The topological polar surface area (TPSA) is 21.3 Å². The van der Waals surface area contributed by atoms with Gasteiger partial charge >= 0.3 is 0 Å². The van der Waals surface area contributed by atoms with E-state index in [1.807, 2.05) is 0 Å². The number of halogens is 3. The van der Waals surface area contributed by atoms with Crippen LogP contribution in [0.2, 0.25) is 5.02 Å². The van der Waals surface area contributed by atoms with Gasteiger partial charge in [-0.2, -0.15) is 0 Å². The van der Waals surface area contributed by atoms with Crippen molar-refractivity contribution < 1.29 is 13.5 Å². The Morgan fingerprint density at radius 3 is 2.81 bits per heavy atom. The minimum Gasteiger partial charge on any atom is -0.371 e. The summed E-state index contributed by atoms with van der Waals surface area (Å²) in [6.07, 6.45) is -0.605. The molecule has 16 heavy (non-hydrogen) atoms. The first-order valence-electron chi connectivity index (χ1n) is 5.07. The third kappa shape index (κ3) is 2.05. The number of ether oxygens (including phenoxy) is 1. The highest BCUT2D eigenvalue weighted by Crippen LogP contribution is 2.31. The maximum Gasteiger partial charge on any atom is 0.150 e. The van der Waals surface area contributed by atoms with E-state index in [1.54, 1.807) is 6.92 Å². The van der Waals surface area contributed by atoms with Gasteiger partial charge in [0.15, 0.2) is 5.82 Å². The van der Waals surface area contributed by atoms with Gasteiger partial charge in [0.2, 0.25) is 0 Å². The lowest BCUT2D eigenvalue weighted by Crippen LogP contribution is -2.34. The second kappa shape index (κ2) is 4.65. The average molecular weight is 248 g/mol. The van der Waals surface area contributed by atoms with Crippen LogP contribution in [0.25, 0.3) is 0 Å². The molecule has 1 heterocycles. The zero-order valence-corrected chi connectivity index (χ0v) is 9.57. The molecule has 1 aromatic carbocycles. The summed E-state index contributed by atoms with van der Waals surface area (Å²) in [6.45, 7) is 3.09. The number of morpholine rings is 1. The van der Waals surface area contributed by atoms with Crippen LogP contribution in [0.1, 0.15) is 17.2 Å². The molecule has 1 fully saturated rings. The molecule has 88 valence electrons. The van der Waals surface area contributed by atoms with Crippen molar-refractivity contribution in [2.24, 2.45) is 0 Å². The van der Waals surface area contributed by atoms with E-state index in [9.17, 15) is 8.78 Å². The average Bonchev–Trinajstić information content (AvgIpc) is 2.28. The number of nitrogens with one attached hydrogen (secondary N) is 1. The molecule has 2 rings (SSSR count). The van der Waals surface area contributed by atoms with Crippen molar-refractivity contribution in [2.45, 2.75) is 13.0 Å². The number of rotatable bonds is 1. The van der Waals surface area contributed by atoms with Gasteiger partial charge in [-0.05, 0) is 18.6 Å². The van der Waals surface area contributed by atoms with Gasteiger partial charge in [0.05, 0.1) is 17.2 Å². The standard InChI is InChI=1S/C11H12ClF2NO/c1-6-4-7(12)11(14)9(10(6)13)8-5-15-2-3-16-8/h4,8,15H,2-3,5H2,1H3. The van der Waals surface area contributed by atoms with Crippen molar-refractivity contribution in [2.75, 3.05) is 19.7 Å². The first-order valence-corrected chi connectivity index (χ1v) is 5.45. The van der Waals surface area contributed by atoms with Crippen LogP contribution < -0.4 is 5.32 Å². The predicted octanol–water partition coefficient (Wildman–Crippen LogP) is 2.59. The summed E-state index contributed by atoms with van der Waals surface area (Å²) in [5, 5.41) is 2.96. The Morgan fingerprint density at radius 2 is 2.19 bits per heavy atom. The molecule has 0 radical (unpaired) electrons. The number of benzene rings is 1. The van der Waals surface area contributed by atoms with E-state index >= 15 is 0 Å².